The molecule has 2 N–H and O–H groups in total. The van der Waals surface area contributed by atoms with Crippen molar-refractivity contribution in [2.24, 2.45) is 0 Å². The molecule has 0 heterocycles. The van der Waals surface area contributed by atoms with Gasteiger partial charge in [-0.1, -0.05) is 47.5 Å². The smallest absolute Gasteiger partial charge is 0.325 e. The fraction of sp³-hybridized carbons (Fsp3) is 0.0741. The van der Waals surface area contributed by atoms with Crippen molar-refractivity contribution in [1.82, 2.24) is 0 Å². The SMILES string of the molecule is O=C(CN(c1ccc(Cl)c(Cl)c1)S(=O)(=O)c1ccccc1)Nc1ccc(S(=O)(=O)Nc2cccc(C(F)(F)F)c2)cc1. The predicted molar refractivity (Wildman–Crippen MR) is 155 cm³/mol. The molecule has 0 unspecified atom stereocenters. The summed E-state index contributed by atoms with van der Waals surface area (Å²) in [4.78, 5) is 12.6. The maximum absolute atomic E-state index is 13.4. The number of anilines is 3. The number of halogens is 5. The fourth-order valence-corrected chi connectivity index (χ4v) is 6.47. The van der Waals surface area contributed by atoms with Gasteiger partial charge in [0.25, 0.3) is 20.0 Å². The summed E-state index contributed by atoms with van der Waals surface area (Å²) in [7, 11) is -8.50. The van der Waals surface area contributed by atoms with Crippen LogP contribution in [0.3, 0.4) is 0 Å². The van der Waals surface area contributed by atoms with Crippen molar-refractivity contribution in [3.8, 4) is 0 Å². The number of carbonyl (C=O) groups excluding carboxylic acids is 1. The number of benzene rings is 4. The molecule has 0 atom stereocenters. The molecule has 0 spiro atoms. The minimum Gasteiger partial charge on any atom is -0.325 e. The highest BCUT2D eigenvalue weighted by Crippen LogP contribution is 2.32. The molecule has 0 saturated carbocycles. The summed E-state index contributed by atoms with van der Waals surface area (Å²) in [6.45, 7) is -0.674. The van der Waals surface area contributed by atoms with Gasteiger partial charge >= 0.3 is 6.18 Å². The second kappa shape index (κ2) is 12.2. The Morgan fingerprint density at radius 3 is 2.02 bits per heavy atom. The topological polar surface area (TPSA) is 113 Å². The molecule has 4 aromatic rings. The van der Waals surface area contributed by atoms with Crippen LogP contribution in [0.15, 0.2) is 107 Å². The minimum absolute atomic E-state index is 0.0679. The van der Waals surface area contributed by atoms with Gasteiger partial charge in [0.2, 0.25) is 5.91 Å². The van der Waals surface area contributed by atoms with Crippen LogP contribution in [0.4, 0.5) is 30.2 Å². The van der Waals surface area contributed by atoms with E-state index in [0.29, 0.717) is 6.07 Å². The van der Waals surface area contributed by atoms with E-state index in [0.717, 1.165) is 28.6 Å². The van der Waals surface area contributed by atoms with E-state index in [1.807, 2.05) is 0 Å². The van der Waals surface area contributed by atoms with Crippen LogP contribution in [0.25, 0.3) is 0 Å². The largest absolute Gasteiger partial charge is 0.416 e. The van der Waals surface area contributed by atoms with Crippen LogP contribution >= 0.6 is 23.2 Å². The Morgan fingerprint density at radius 1 is 0.738 bits per heavy atom. The maximum Gasteiger partial charge on any atom is 0.416 e. The summed E-state index contributed by atoms with van der Waals surface area (Å²) in [6, 6.07) is 19.9. The van der Waals surface area contributed by atoms with Gasteiger partial charge in [-0.25, -0.2) is 16.8 Å². The summed E-state index contributed by atoms with van der Waals surface area (Å²) in [5.41, 5.74) is -1.11. The minimum atomic E-state index is -4.66. The molecule has 0 aromatic heterocycles. The molecule has 0 aliphatic carbocycles. The Bertz CT molecular complexity index is 1820. The van der Waals surface area contributed by atoms with Crippen molar-refractivity contribution in [2.75, 3.05) is 20.9 Å². The molecule has 4 aromatic carbocycles. The summed E-state index contributed by atoms with van der Waals surface area (Å²) >= 11 is 12.1. The lowest BCUT2D eigenvalue weighted by atomic mass is 10.2. The third-order valence-electron chi connectivity index (χ3n) is 5.70. The number of hydrogen-bond donors (Lipinski definition) is 2. The molecule has 15 heteroatoms. The molecule has 0 fully saturated rings. The molecule has 0 aliphatic heterocycles. The molecule has 8 nitrogen and oxygen atoms in total. The molecular weight excluding hydrogens is 638 g/mol. The Hall–Kier alpha value is -3.78. The Morgan fingerprint density at radius 2 is 1.40 bits per heavy atom. The number of rotatable bonds is 9. The van der Waals surface area contributed by atoms with Crippen molar-refractivity contribution in [1.29, 1.82) is 0 Å². The lowest BCUT2D eigenvalue weighted by Gasteiger charge is -2.24. The molecule has 1 amide bonds. The van der Waals surface area contributed by atoms with Crippen LogP contribution in [0.1, 0.15) is 5.56 Å². The molecule has 0 radical (unpaired) electrons. The first kappa shape index (κ1) is 31.2. The zero-order chi connectivity index (χ0) is 30.7. The first-order valence-corrected chi connectivity index (χ1v) is 15.5. The van der Waals surface area contributed by atoms with E-state index in [1.165, 1.54) is 60.7 Å². The Labute approximate surface area is 249 Å². The van der Waals surface area contributed by atoms with Crippen LogP contribution in [0.5, 0.6) is 0 Å². The monoisotopic (exact) mass is 657 g/mol. The highest BCUT2D eigenvalue weighted by atomic mass is 35.5. The Kier molecular flexibility index (Phi) is 9.06. The van der Waals surface area contributed by atoms with Gasteiger partial charge in [0.05, 0.1) is 31.1 Å². The predicted octanol–water partition coefficient (Wildman–Crippen LogP) is 6.65. The van der Waals surface area contributed by atoms with E-state index in [-0.39, 0.29) is 36.9 Å². The summed E-state index contributed by atoms with van der Waals surface area (Å²) in [5.74, 6) is -0.765. The van der Waals surface area contributed by atoms with Gasteiger partial charge in [-0.15, -0.1) is 0 Å². The standard InChI is InChI=1S/C27H20Cl2F3N3O5S2/c28-24-14-11-21(16-25(24)29)35(42(39,40)23-7-2-1-3-8-23)17-26(36)33-19-9-12-22(13-10-19)41(37,38)34-20-6-4-5-18(15-20)27(30,31)32/h1-16,34H,17H2,(H,33,36). The average Bonchev–Trinajstić information content (AvgIpc) is 2.93. The van der Waals surface area contributed by atoms with Crippen molar-refractivity contribution in [3.05, 3.63) is 113 Å². The third-order valence-corrected chi connectivity index (χ3v) is 9.62. The van der Waals surface area contributed by atoms with Crippen molar-refractivity contribution in [3.63, 3.8) is 0 Å². The van der Waals surface area contributed by atoms with Gasteiger partial charge in [-0.05, 0) is 72.8 Å². The van der Waals surface area contributed by atoms with Crippen molar-refractivity contribution in [2.45, 2.75) is 16.0 Å². The Balaban J connectivity index is 1.53. The van der Waals surface area contributed by atoms with E-state index in [4.69, 9.17) is 23.2 Å². The van der Waals surface area contributed by atoms with E-state index >= 15 is 0 Å². The zero-order valence-corrected chi connectivity index (χ0v) is 24.3. The number of sulfonamides is 2. The molecular formula is C27H20Cl2F3N3O5S2. The molecule has 4 rings (SSSR count). The van der Waals surface area contributed by atoms with Gasteiger partial charge in [0, 0.05) is 11.4 Å². The van der Waals surface area contributed by atoms with Crippen LogP contribution in [0.2, 0.25) is 10.0 Å². The summed E-state index contributed by atoms with van der Waals surface area (Å²) < 4.78 is 94.2. The number of nitrogens with one attached hydrogen (secondary N) is 2. The molecule has 42 heavy (non-hydrogen) atoms. The molecule has 220 valence electrons. The van der Waals surface area contributed by atoms with Crippen molar-refractivity contribution < 1.29 is 34.8 Å². The van der Waals surface area contributed by atoms with Crippen LogP contribution < -0.4 is 14.3 Å². The van der Waals surface area contributed by atoms with Gasteiger partial charge in [-0.2, -0.15) is 13.2 Å². The normalized spacial score (nSPS) is 12.0. The molecule has 0 saturated heterocycles. The van der Waals surface area contributed by atoms with Gasteiger partial charge < -0.3 is 5.32 Å². The molecule has 0 aliphatic rings. The number of carbonyl (C=O) groups is 1. The van der Waals surface area contributed by atoms with Crippen LogP contribution in [0, 0.1) is 0 Å². The fourth-order valence-electron chi connectivity index (χ4n) is 3.70. The highest BCUT2D eigenvalue weighted by molar-refractivity contribution is 7.93. The summed E-state index contributed by atoms with van der Waals surface area (Å²) in [5, 5.41) is 2.75. The van der Waals surface area contributed by atoms with E-state index in [9.17, 15) is 34.8 Å². The first-order chi connectivity index (χ1) is 19.7. The van der Waals surface area contributed by atoms with Crippen molar-refractivity contribution >= 4 is 66.2 Å². The lowest BCUT2D eigenvalue weighted by Crippen LogP contribution is -2.38. The lowest BCUT2D eigenvalue weighted by molar-refractivity contribution is -0.137. The van der Waals surface area contributed by atoms with Gasteiger partial charge in [-0.3, -0.25) is 13.8 Å². The van der Waals surface area contributed by atoms with E-state index < -0.39 is 44.2 Å². The van der Waals surface area contributed by atoms with Gasteiger partial charge in [0.15, 0.2) is 0 Å². The maximum atomic E-state index is 13.4. The van der Waals surface area contributed by atoms with Gasteiger partial charge in [0.1, 0.15) is 6.54 Å². The van der Waals surface area contributed by atoms with Crippen LogP contribution in [-0.4, -0.2) is 29.3 Å². The second-order valence-corrected chi connectivity index (χ2v) is 13.0. The first-order valence-electron chi connectivity index (χ1n) is 11.8. The highest BCUT2D eigenvalue weighted by Gasteiger charge is 2.31. The number of amides is 1. The molecule has 0 bridgehead atoms. The van der Waals surface area contributed by atoms with E-state index in [1.54, 1.807) is 6.07 Å². The number of nitrogens with zero attached hydrogens (tertiary/aromatic N) is 1. The zero-order valence-electron chi connectivity index (χ0n) is 21.1. The second-order valence-electron chi connectivity index (χ2n) is 8.68. The van der Waals surface area contributed by atoms with E-state index in [2.05, 4.69) is 10.0 Å². The number of alkyl halides is 3. The quantitative estimate of drug-likeness (QED) is 0.209. The average molecular weight is 659 g/mol. The number of hydrogen-bond acceptors (Lipinski definition) is 5. The van der Waals surface area contributed by atoms with Crippen LogP contribution in [-0.2, 0) is 31.0 Å². The third kappa shape index (κ3) is 7.34. The summed E-state index contributed by atoms with van der Waals surface area (Å²) in [6.07, 6.45) is -4.66.